The Morgan fingerprint density at radius 3 is 2.40 bits per heavy atom. The maximum atomic E-state index is 3.48. The van der Waals surface area contributed by atoms with Crippen LogP contribution in [0.5, 0.6) is 0 Å². The average Bonchev–Trinajstić information content (AvgIpc) is 2.16. The first kappa shape index (κ1) is 14.9. The van der Waals surface area contributed by atoms with Gasteiger partial charge in [-0.1, -0.05) is 27.2 Å². The van der Waals surface area contributed by atoms with Gasteiger partial charge in [-0.25, -0.2) is 0 Å². The van der Waals surface area contributed by atoms with Gasteiger partial charge < -0.3 is 10.2 Å². The SMILES string of the molecule is CCCN(C)CCCCCNCC(C)C. The van der Waals surface area contributed by atoms with Gasteiger partial charge in [0, 0.05) is 0 Å². The summed E-state index contributed by atoms with van der Waals surface area (Å²) in [4.78, 5) is 2.43. The second-order valence-electron chi connectivity index (χ2n) is 4.96. The van der Waals surface area contributed by atoms with Crippen LogP contribution in [0.3, 0.4) is 0 Å². The van der Waals surface area contributed by atoms with Gasteiger partial charge in [0.05, 0.1) is 0 Å². The van der Waals surface area contributed by atoms with Crippen LogP contribution in [0, 0.1) is 5.92 Å². The summed E-state index contributed by atoms with van der Waals surface area (Å²) in [6, 6.07) is 0. The van der Waals surface area contributed by atoms with Crippen molar-refractivity contribution in [1.82, 2.24) is 10.2 Å². The van der Waals surface area contributed by atoms with Crippen LogP contribution in [-0.4, -0.2) is 38.1 Å². The summed E-state index contributed by atoms with van der Waals surface area (Å²) in [6.45, 7) is 11.6. The molecular weight excluding hydrogens is 184 g/mol. The fourth-order valence-electron chi connectivity index (χ4n) is 1.69. The lowest BCUT2D eigenvalue weighted by atomic mass is 10.2. The molecule has 0 aromatic carbocycles. The highest BCUT2D eigenvalue weighted by atomic mass is 15.1. The fourth-order valence-corrected chi connectivity index (χ4v) is 1.69. The molecule has 0 saturated heterocycles. The molecule has 92 valence electrons. The van der Waals surface area contributed by atoms with Crippen LogP contribution in [0.4, 0.5) is 0 Å². The molecule has 0 radical (unpaired) electrons. The van der Waals surface area contributed by atoms with Gasteiger partial charge in [0.1, 0.15) is 0 Å². The standard InChI is InChI=1S/C13H30N2/c1-5-10-15(4)11-8-6-7-9-14-12-13(2)3/h13-14H,5-12H2,1-4H3. The first-order valence-electron chi connectivity index (χ1n) is 6.56. The van der Waals surface area contributed by atoms with Gasteiger partial charge in [0.25, 0.3) is 0 Å². The van der Waals surface area contributed by atoms with Gasteiger partial charge in [-0.15, -0.1) is 0 Å². The predicted molar refractivity (Wildman–Crippen MR) is 69.3 cm³/mol. The van der Waals surface area contributed by atoms with E-state index in [2.05, 4.69) is 38.0 Å². The van der Waals surface area contributed by atoms with Crippen molar-refractivity contribution in [3.8, 4) is 0 Å². The zero-order valence-electron chi connectivity index (χ0n) is 11.2. The number of hydrogen-bond acceptors (Lipinski definition) is 2. The molecule has 2 heteroatoms. The minimum Gasteiger partial charge on any atom is -0.316 e. The van der Waals surface area contributed by atoms with Crippen LogP contribution < -0.4 is 5.32 Å². The molecule has 0 atom stereocenters. The van der Waals surface area contributed by atoms with Gasteiger partial charge in [-0.2, -0.15) is 0 Å². The number of nitrogens with one attached hydrogen (secondary N) is 1. The Kier molecular flexibility index (Phi) is 10.4. The molecule has 0 spiro atoms. The molecule has 0 aliphatic heterocycles. The van der Waals surface area contributed by atoms with Crippen LogP contribution in [-0.2, 0) is 0 Å². The number of hydrogen-bond donors (Lipinski definition) is 1. The highest BCUT2D eigenvalue weighted by Crippen LogP contribution is 1.97. The summed E-state index contributed by atoms with van der Waals surface area (Å²) in [5.41, 5.74) is 0. The van der Waals surface area contributed by atoms with Crippen LogP contribution in [0.2, 0.25) is 0 Å². The van der Waals surface area contributed by atoms with E-state index in [0.717, 1.165) is 12.5 Å². The van der Waals surface area contributed by atoms with E-state index < -0.39 is 0 Å². The molecule has 0 unspecified atom stereocenters. The third-order valence-electron chi connectivity index (χ3n) is 2.55. The van der Waals surface area contributed by atoms with E-state index in [9.17, 15) is 0 Å². The zero-order chi connectivity index (χ0) is 11.5. The number of nitrogens with zero attached hydrogens (tertiary/aromatic N) is 1. The van der Waals surface area contributed by atoms with E-state index in [1.165, 1.54) is 45.3 Å². The third kappa shape index (κ3) is 11.8. The molecule has 0 aliphatic carbocycles. The molecule has 15 heavy (non-hydrogen) atoms. The second-order valence-corrected chi connectivity index (χ2v) is 4.96. The van der Waals surface area contributed by atoms with E-state index in [4.69, 9.17) is 0 Å². The zero-order valence-corrected chi connectivity index (χ0v) is 11.2. The van der Waals surface area contributed by atoms with Crippen LogP contribution in [0.25, 0.3) is 0 Å². The molecule has 0 amide bonds. The largest absolute Gasteiger partial charge is 0.316 e. The Bertz CT molecular complexity index is 124. The smallest absolute Gasteiger partial charge is 0.00218 e. The monoisotopic (exact) mass is 214 g/mol. The Hall–Kier alpha value is -0.0800. The van der Waals surface area contributed by atoms with E-state index >= 15 is 0 Å². The van der Waals surface area contributed by atoms with Crippen molar-refractivity contribution < 1.29 is 0 Å². The molecule has 0 aromatic heterocycles. The lowest BCUT2D eigenvalue weighted by Gasteiger charge is -2.15. The topological polar surface area (TPSA) is 15.3 Å². The third-order valence-corrected chi connectivity index (χ3v) is 2.55. The summed E-state index contributed by atoms with van der Waals surface area (Å²) in [5, 5.41) is 3.48. The van der Waals surface area contributed by atoms with Gasteiger partial charge in [0.2, 0.25) is 0 Å². The van der Waals surface area contributed by atoms with Crippen LogP contribution >= 0.6 is 0 Å². The molecule has 0 aliphatic rings. The Balaban J connectivity index is 3.04. The average molecular weight is 214 g/mol. The quantitative estimate of drug-likeness (QED) is 0.563. The van der Waals surface area contributed by atoms with Gasteiger partial charge in [-0.05, 0) is 58.4 Å². The number of rotatable bonds is 10. The fraction of sp³-hybridized carbons (Fsp3) is 1.00. The highest BCUT2D eigenvalue weighted by Gasteiger charge is 1.96. The van der Waals surface area contributed by atoms with Crippen molar-refractivity contribution in [3.63, 3.8) is 0 Å². The molecular formula is C13H30N2. The lowest BCUT2D eigenvalue weighted by Crippen LogP contribution is -2.22. The molecule has 0 saturated carbocycles. The van der Waals surface area contributed by atoms with Crippen molar-refractivity contribution in [3.05, 3.63) is 0 Å². The van der Waals surface area contributed by atoms with E-state index in [0.29, 0.717) is 0 Å². The second kappa shape index (κ2) is 10.4. The summed E-state index contributed by atoms with van der Waals surface area (Å²) in [6.07, 6.45) is 5.30. The van der Waals surface area contributed by atoms with E-state index in [1.54, 1.807) is 0 Å². The molecule has 0 fully saturated rings. The van der Waals surface area contributed by atoms with Crippen molar-refractivity contribution in [1.29, 1.82) is 0 Å². The van der Waals surface area contributed by atoms with Gasteiger partial charge in [-0.3, -0.25) is 0 Å². The van der Waals surface area contributed by atoms with Crippen molar-refractivity contribution in [2.24, 2.45) is 5.92 Å². The molecule has 0 heterocycles. The maximum absolute atomic E-state index is 3.48. The minimum absolute atomic E-state index is 0.778. The van der Waals surface area contributed by atoms with Crippen molar-refractivity contribution >= 4 is 0 Å². The van der Waals surface area contributed by atoms with Crippen molar-refractivity contribution in [2.45, 2.75) is 46.5 Å². The summed E-state index contributed by atoms with van der Waals surface area (Å²) >= 11 is 0. The van der Waals surface area contributed by atoms with Gasteiger partial charge >= 0.3 is 0 Å². The Labute approximate surface area is 96.4 Å². The van der Waals surface area contributed by atoms with E-state index in [-0.39, 0.29) is 0 Å². The summed E-state index contributed by atoms with van der Waals surface area (Å²) < 4.78 is 0. The first-order chi connectivity index (χ1) is 7.16. The Morgan fingerprint density at radius 2 is 1.80 bits per heavy atom. The first-order valence-corrected chi connectivity index (χ1v) is 6.56. The Morgan fingerprint density at radius 1 is 1.07 bits per heavy atom. The predicted octanol–water partition coefficient (Wildman–Crippen LogP) is 2.74. The lowest BCUT2D eigenvalue weighted by molar-refractivity contribution is 0.324. The van der Waals surface area contributed by atoms with Gasteiger partial charge in [0.15, 0.2) is 0 Å². The normalized spacial score (nSPS) is 11.6. The molecule has 0 aromatic rings. The summed E-state index contributed by atoms with van der Waals surface area (Å²) in [5.74, 6) is 0.778. The van der Waals surface area contributed by atoms with Crippen molar-refractivity contribution in [2.75, 3.05) is 33.2 Å². The highest BCUT2D eigenvalue weighted by molar-refractivity contribution is 4.54. The van der Waals surface area contributed by atoms with E-state index in [1.807, 2.05) is 0 Å². The molecule has 0 rings (SSSR count). The summed E-state index contributed by atoms with van der Waals surface area (Å²) in [7, 11) is 2.22. The van der Waals surface area contributed by atoms with Crippen LogP contribution in [0.15, 0.2) is 0 Å². The maximum Gasteiger partial charge on any atom is -0.00218 e. The molecule has 0 bridgehead atoms. The molecule has 2 nitrogen and oxygen atoms in total. The minimum atomic E-state index is 0.778. The molecule has 1 N–H and O–H groups in total. The number of unbranched alkanes of at least 4 members (excludes halogenated alkanes) is 2. The van der Waals surface area contributed by atoms with Crippen LogP contribution in [0.1, 0.15) is 46.5 Å².